The largest absolute Gasteiger partial charge is 0.338 e. The number of hydrogen-bond acceptors (Lipinski definition) is 3. The topological polar surface area (TPSA) is 54.5 Å². The van der Waals surface area contributed by atoms with E-state index in [9.17, 15) is 17.6 Å². The second-order valence-electron chi connectivity index (χ2n) is 6.83. The summed E-state index contributed by atoms with van der Waals surface area (Å²) >= 11 is 0. The summed E-state index contributed by atoms with van der Waals surface area (Å²) in [4.78, 5) is 14.0. The molecule has 6 heteroatoms. The van der Waals surface area contributed by atoms with E-state index in [1.54, 1.807) is 17.0 Å². The molecule has 1 aromatic rings. The number of likely N-dealkylation sites (tertiary alicyclic amines) is 1. The highest BCUT2D eigenvalue weighted by Gasteiger charge is 2.34. The Kier molecular flexibility index (Phi) is 5.45. The molecule has 0 bridgehead atoms. The second-order valence-corrected chi connectivity index (χ2v) is 8.94. The highest BCUT2D eigenvalue weighted by atomic mass is 32.2. The van der Waals surface area contributed by atoms with Gasteiger partial charge in [-0.1, -0.05) is 26.0 Å². The van der Waals surface area contributed by atoms with Gasteiger partial charge >= 0.3 is 0 Å². The fourth-order valence-corrected chi connectivity index (χ4v) is 4.87. The van der Waals surface area contributed by atoms with Crippen LogP contribution in [0.4, 0.5) is 4.39 Å². The molecule has 1 heterocycles. The zero-order valence-corrected chi connectivity index (χ0v) is 14.6. The molecule has 0 N–H and O–H groups in total. The zero-order valence-electron chi connectivity index (χ0n) is 13.8. The Bertz CT molecular complexity index is 655. The van der Waals surface area contributed by atoms with E-state index in [1.807, 2.05) is 20.8 Å². The van der Waals surface area contributed by atoms with Gasteiger partial charge in [-0.3, -0.25) is 4.79 Å². The summed E-state index contributed by atoms with van der Waals surface area (Å²) in [6.45, 7) is 6.06. The third-order valence-electron chi connectivity index (χ3n) is 4.17. The van der Waals surface area contributed by atoms with Gasteiger partial charge in [0.25, 0.3) is 0 Å². The minimum Gasteiger partial charge on any atom is -0.338 e. The van der Waals surface area contributed by atoms with Crippen LogP contribution in [0.1, 0.15) is 38.7 Å². The quantitative estimate of drug-likeness (QED) is 0.827. The third kappa shape index (κ3) is 4.77. The summed E-state index contributed by atoms with van der Waals surface area (Å²) in [7, 11) is -3.37. The number of carbonyl (C=O) groups is 1. The van der Waals surface area contributed by atoms with Crippen LogP contribution in [0.5, 0.6) is 0 Å². The van der Waals surface area contributed by atoms with Crippen molar-refractivity contribution in [3.63, 3.8) is 0 Å². The summed E-state index contributed by atoms with van der Waals surface area (Å²) in [6.07, 6.45) is 0.765. The lowest BCUT2D eigenvalue weighted by Gasteiger charge is -2.21. The first-order valence-corrected chi connectivity index (χ1v) is 9.75. The van der Waals surface area contributed by atoms with Crippen molar-refractivity contribution in [1.29, 1.82) is 0 Å². The van der Waals surface area contributed by atoms with E-state index in [0.29, 0.717) is 6.54 Å². The molecule has 1 aromatic carbocycles. The van der Waals surface area contributed by atoms with Crippen molar-refractivity contribution in [2.45, 2.75) is 39.2 Å². The Morgan fingerprint density at radius 2 is 1.91 bits per heavy atom. The van der Waals surface area contributed by atoms with Gasteiger partial charge in [-0.05, 0) is 37.0 Å². The number of carbonyl (C=O) groups excluding carboxylic acids is 1. The molecule has 0 aromatic heterocycles. The monoisotopic (exact) mass is 341 g/mol. The van der Waals surface area contributed by atoms with Gasteiger partial charge in [0.05, 0.1) is 5.75 Å². The van der Waals surface area contributed by atoms with E-state index in [4.69, 9.17) is 0 Å². The number of rotatable bonds is 5. The first kappa shape index (κ1) is 17.9. The minimum absolute atomic E-state index is 0.00759. The van der Waals surface area contributed by atoms with E-state index in [1.165, 1.54) is 12.1 Å². The van der Waals surface area contributed by atoms with Crippen LogP contribution >= 0.6 is 0 Å². The van der Waals surface area contributed by atoms with Crippen LogP contribution in [-0.2, 0) is 14.6 Å². The van der Waals surface area contributed by atoms with E-state index in [-0.39, 0.29) is 35.4 Å². The average Bonchev–Trinajstić information content (AvgIpc) is 2.79. The molecule has 1 aliphatic rings. The molecule has 1 amide bonds. The van der Waals surface area contributed by atoms with Crippen LogP contribution in [0.15, 0.2) is 24.3 Å². The van der Waals surface area contributed by atoms with Crippen LogP contribution in [0.2, 0.25) is 0 Å². The lowest BCUT2D eigenvalue weighted by molar-refractivity contribution is -0.128. The number of halogens is 1. The molecular formula is C17H24FNO3S. The summed E-state index contributed by atoms with van der Waals surface area (Å²) in [5, 5.41) is 0. The minimum atomic E-state index is -3.37. The Hall–Kier alpha value is -1.43. The number of nitrogens with zero attached hydrogens (tertiary/aromatic N) is 1. The molecule has 0 radical (unpaired) electrons. The Morgan fingerprint density at radius 3 is 2.48 bits per heavy atom. The number of amides is 1. The molecule has 128 valence electrons. The van der Waals surface area contributed by atoms with Crippen molar-refractivity contribution in [1.82, 2.24) is 4.90 Å². The maximum absolute atomic E-state index is 13.0. The molecule has 0 saturated carbocycles. The molecule has 1 saturated heterocycles. The van der Waals surface area contributed by atoms with E-state index >= 15 is 0 Å². The van der Waals surface area contributed by atoms with Crippen molar-refractivity contribution < 1.29 is 17.6 Å². The van der Waals surface area contributed by atoms with Gasteiger partial charge in [0.1, 0.15) is 11.6 Å². The highest BCUT2D eigenvalue weighted by molar-refractivity contribution is 7.92. The van der Waals surface area contributed by atoms with Gasteiger partial charge in [-0.25, -0.2) is 12.8 Å². The molecule has 2 rings (SSSR count). The predicted molar refractivity (Wildman–Crippen MR) is 88.4 cm³/mol. The maximum atomic E-state index is 13.0. The van der Waals surface area contributed by atoms with E-state index < -0.39 is 15.6 Å². The average molecular weight is 341 g/mol. The SMILES string of the molecule is CC(C)CS(=O)(=O)CC(=O)N1C[C@H](c2ccc(F)cc2)C[C@@H]1C. The second kappa shape index (κ2) is 6.99. The molecule has 1 aliphatic heterocycles. The molecule has 4 nitrogen and oxygen atoms in total. The Morgan fingerprint density at radius 1 is 1.30 bits per heavy atom. The number of benzene rings is 1. The van der Waals surface area contributed by atoms with Gasteiger partial charge in [0.2, 0.25) is 5.91 Å². The maximum Gasteiger partial charge on any atom is 0.238 e. The molecule has 0 unspecified atom stereocenters. The fourth-order valence-electron chi connectivity index (χ4n) is 3.19. The molecule has 2 atom stereocenters. The lowest BCUT2D eigenvalue weighted by Crippen LogP contribution is -2.38. The van der Waals surface area contributed by atoms with Crippen molar-refractivity contribution in [3.8, 4) is 0 Å². The molecule has 0 spiro atoms. The van der Waals surface area contributed by atoms with E-state index in [2.05, 4.69) is 0 Å². The van der Waals surface area contributed by atoms with Crippen molar-refractivity contribution in [2.24, 2.45) is 5.92 Å². The Balaban J connectivity index is 2.03. The van der Waals surface area contributed by atoms with Crippen molar-refractivity contribution in [3.05, 3.63) is 35.6 Å². The van der Waals surface area contributed by atoms with Crippen LogP contribution in [0.3, 0.4) is 0 Å². The van der Waals surface area contributed by atoms with Crippen LogP contribution < -0.4 is 0 Å². The first-order valence-electron chi connectivity index (χ1n) is 7.93. The Labute approximate surface area is 137 Å². The summed E-state index contributed by atoms with van der Waals surface area (Å²) in [5.41, 5.74) is 0.985. The fraction of sp³-hybridized carbons (Fsp3) is 0.588. The van der Waals surface area contributed by atoms with Gasteiger partial charge in [-0.2, -0.15) is 0 Å². The lowest BCUT2D eigenvalue weighted by atomic mass is 9.97. The smallest absolute Gasteiger partial charge is 0.238 e. The van der Waals surface area contributed by atoms with Gasteiger partial charge in [0.15, 0.2) is 9.84 Å². The van der Waals surface area contributed by atoms with Gasteiger partial charge < -0.3 is 4.90 Å². The molecule has 0 aliphatic carbocycles. The van der Waals surface area contributed by atoms with Crippen LogP contribution in [0.25, 0.3) is 0 Å². The van der Waals surface area contributed by atoms with Crippen LogP contribution in [-0.4, -0.2) is 43.3 Å². The zero-order chi connectivity index (χ0) is 17.2. The van der Waals surface area contributed by atoms with Gasteiger partial charge in [-0.15, -0.1) is 0 Å². The van der Waals surface area contributed by atoms with Crippen molar-refractivity contribution >= 4 is 15.7 Å². The number of hydrogen-bond donors (Lipinski definition) is 0. The first-order chi connectivity index (χ1) is 10.7. The number of sulfone groups is 1. The molecule has 23 heavy (non-hydrogen) atoms. The van der Waals surface area contributed by atoms with E-state index in [0.717, 1.165) is 12.0 Å². The standard InChI is InChI=1S/C17H24FNO3S/c1-12(2)10-23(21,22)11-17(20)19-9-15(8-13(19)3)14-4-6-16(18)7-5-14/h4-7,12-13,15H,8-11H2,1-3H3/t13-,15+/m0/s1. The third-order valence-corrected chi connectivity index (χ3v) is 6.03. The predicted octanol–water partition coefficient (Wildman–Crippen LogP) is 2.60. The summed E-state index contributed by atoms with van der Waals surface area (Å²) < 4.78 is 37.0. The normalized spacial score (nSPS) is 21.9. The van der Waals surface area contributed by atoms with Crippen LogP contribution in [0, 0.1) is 11.7 Å². The van der Waals surface area contributed by atoms with Crippen molar-refractivity contribution in [2.75, 3.05) is 18.1 Å². The van der Waals surface area contributed by atoms with Gasteiger partial charge in [0, 0.05) is 18.5 Å². The molecular weight excluding hydrogens is 317 g/mol. The molecule has 1 fully saturated rings. The highest BCUT2D eigenvalue weighted by Crippen LogP contribution is 2.31. The summed E-state index contributed by atoms with van der Waals surface area (Å²) in [5.74, 6) is -0.873. The summed E-state index contributed by atoms with van der Waals surface area (Å²) in [6, 6.07) is 6.29.